The van der Waals surface area contributed by atoms with Crippen molar-refractivity contribution in [2.24, 2.45) is 7.05 Å². The monoisotopic (exact) mass is 296 g/mol. The lowest BCUT2D eigenvalue weighted by Gasteiger charge is -2.06. The predicted octanol–water partition coefficient (Wildman–Crippen LogP) is 2.49. The number of hydrogen-bond acceptors (Lipinski definition) is 2. The molecule has 114 valence electrons. The number of amides is 1. The molecule has 3 aromatic rings. The van der Waals surface area contributed by atoms with Gasteiger partial charge in [-0.05, 0) is 37.6 Å². The summed E-state index contributed by atoms with van der Waals surface area (Å²) in [6.45, 7) is 4.69. The molecule has 0 spiro atoms. The SMILES string of the molecule is Cc1[nH]c2ccc(C(=O)NCCc3nccn3C)cc2c1C. The molecule has 2 heterocycles. The number of carbonyl (C=O) groups is 1. The number of H-pyrrole nitrogens is 1. The summed E-state index contributed by atoms with van der Waals surface area (Å²) in [5, 5.41) is 4.06. The molecule has 1 aromatic carbocycles. The Morgan fingerprint density at radius 3 is 2.91 bits per heavy atom. The Bertz CT molecular complexity index is 828. The topological polar surface area (TPSA) is 62.7 Å². The van der Waals surface area contributed by atoms with E-state index in [-0.39, 0.29) is 5.91 Å². The van der Waals surface area contributed by atoms with E-state index in [0.29, 0.717) is 12.1 Å². The van der Waals surface area contributed by atoms with Gasteiger partial charge in [-0.2, -0.15) is 0 Å². The molecule has 0 bridgehead atoms. The van der Waals surface area contributed by atoms with E-state index in [1.54, 1.807) is 6.20 Å². The van der Waals surface area contributed by atoms with Gasteiger partial charge in [0.05, 0.1) is 0 Å². The van der Waals surface area contributed by atoms with Gasteiger partial charge in [0.1, 0.15) is 5.82 Å². The summed E-state index contributed by atoms with van der Waals surface area (Å²) in [6.07, 6.45) is 4.39. The minimum Gasteiger partial charge on any atom is -0.358 e. The standard InChI is InChI=1S/C17H20N4O/c1-11-12(2)20-15-5-4-13(10-14(11)15)17(22)19-7-6-16-18-8-9-21(16)3/h4-5,8-10,20H,6-7H2,1-3H3,(H,19,22). The van der Waals surface area contributed by atoms with Crippen LogP contribution in [0.1, 0.15) is 27.4 Å². The number of benzene rings is 1. The van der Waals surface area contributed by atoms with Crippen LogP contribution in [0.2, 0.25) is 0 Å². The first-order valence-corrected chi connectivity index (χ1v) is 7.39. The zero-order valence-corrected chi connectivity index (χ0v) is 13.1. The largest absolute Gasteiger partial charge is 0.358 e. The molecule has 3 rings (SSSR count). The van der Waals surface area contributed by atoms with Crippen molar-refractivity contribution >= 4 is 16.8 Å². The number of imidazole rings is 1. The average Bonchev–Trinajstić information content (AvgIpc) is 3.03. The number of aromatic amines is 1. The Kier molecular flexibility index (Phi) is 3.71. The van der Waals surface area contributed by atoms with Crippen molar-refractivity contribution in [1.29, 1.82) is 0 Å². The summed E-state index contributed by atoms with van der Waals surface area (Å²) in [6, 6.07) is 5.76. The van der Waals surface area contributed by atoms with E-state index in [1.807, 2.05) is 42.9 Å². The number of hydrogen-bond donors (Lipinski definition) is 2. The molecule has 1 amide bonds. The van der Waals surface area contributed by atoms with Crippen LogP contribution < -0.4 is 5.32 Å². The van der Waals surface area contributed by atoms with Gasteiger partial charge in [-0.25, -0.2) is 4.98 Å². The third-order valence-corrected chi connectivity index (χ3v) is 4.13. The minimum atomic E-state index is -0.0469. The Labute approximate surface area is 129 Å². The fraction of sp³-hybridized carbons (Fsp3) is 0.294. The van der Waals surface area contributed by atoms with E-state index in [0.717, 1.165) is 28.8 Å². The molecule has 2 aromatic heterocycles. The van der Waals surface area contributed by atoms with Crippen molar-refractivity contribution < 1.29 is 4.79 Å². The summed E-state index contributed by atoms with van der Waals surface area (Å²) in [7, 11) is 1.95. The molecule has 0 radical (unpaired) electrons. The second kappa shape index (κ2) is 5.67. The first kappa shape index (κ1) is 14.4. The van der Waals surface area contributed by atoms with Gasteiger partial charge >= 0.3 is 0 Å². The van der Waals surface area contributed by atoms with E-state index < -0.39 is 0 Å². The molecule has 5 heteroatoms. The second-order valence-electron chi connectivity index (χ2n) is 5.60. The van der Waals surface area contributed by atoms with Gasteiger partial charge in [0.2, 0.25) is 0 Å². The van der Waals surface area contributed by atoms with Crippen molar-refractivity contribution in [3.05, 3.63) is 53.2 Å². The van der Waals surface area contributed by atoms with Crippen LogP contribution in [0.15, 0.2) is 30.6 Å². The number of fused-ring (bicyclic) bond motifs is 1. The number of aryl methyl sites for hydroxylation is 3. The number of nitrogens with one attached hydrogen (secondary N) is 2. The van der Waals surface area contributed by atoms with Crippen LogP contribution in [0.5, 0.6) is 0 Å². The Hall–Kier alpha value is -2.56. The zero-order chi connectivity index (χ0) is 15.7. The van der Waals surface area contributed by atoms with Crippen LogP contribution in [0, 0.1) is 13.8 Å². The molecular weight excluding hydrogens is 276 g/mol. The maximum Gasteiger partial charge on any atom is 0.251 e. The fourth-order valence-electron chi connectivity index (χ4n) is 2.63. The van der Waals surface area contributed by atoms with Crippen LogP contribution in [0.25, 0.3) is 10.9 Å². The van der Waals surface area contributed by atoms with E-state index in [9.17, 15) is 4.79 Å². The van der Waals surface area contributed by atoms with Gasteiger partial charge in [-0.1, -0.05) is 0 Å². The van der Waals surface area contributed by atoms with Crippen LogP contribution in [-0.2, 0) is 13.5 Å². The molecule has 0 saturated carbocycles. The molecule has 22 heavy (non-hydrogen) atoms. The van der Waals surface area contributed by atoms with Gasteiger partial charge < -0.3 is 14.9 Å². The van der Waals surface area contributed by atoms with Crippen molar-refractivity contribution in [2.75, 3.05) is 6.54 Å². The van der Waals surface area contributed by atoms with Crippen molar-refractivity contribution in [2.45, 2.75) is 20.3 Å². The number of aromatic nitrogens is 3. The Balaban J connectivity index is 1.69. The van der Waals surface area contributed by atoms with Crippen LogP contribution >= 0.6 is 0 Å². The fourth-order valence-corrected chi connectivity index (χ4v) is 2.63. The number of nitrogens with zero attached hydrogens (tertiary/aromatic N) is 2. The van der Waals surface area contributed by atoms with Gasteiger partial charge in [-0.15, -0.1) is 0 Å². The van der Waals surface area contributed by atoms with Crippen molar-refractivity contribution in [3.63, 3.8) is 0 Å². The molecule has 0 aliphatic rings. The lowest BCUT2D eigenvalue weighted by atomic mass is 10.1. The van der Waals surface area contributed by atoms with E-state index in [1.165, 1.54) is 5.56 Å². The quantitative estimate of drug-likeness (QED) is 0.777. The molecule has 0 atom stereocenters. The smallest absolute Gasteiger partial charge is 0.251 e. The number of carbonyl (C=O) groups excluding carboxylic acids is 1. The number of rotatable bonds is 4. The van der Waals surface area contributed by atoms with Gasteiger partial charge in [0, 0.05) is 54.6 Å². The van der Waals surface area contributed by atoms with E-state index in [4.69, 9.17) is 0 Å². The molecule has 5 nitrogen and oxygen atoms in total. The molecule has 0 fully saturated rings. The lowest BCUT2D eigenvalue weighted by Crippen LogP contribution is -2.26. The third kappa shape index (κ3) is 2.62. The summed E-state index contributed by atoms with van der Waals surface area (Å²) < 4.78 is 1.96. The third-order valence-electron chi connectivity index (χ3n) is 4.13. The summed E-state index contributed by atoms with van der Waals surface area (Å²) in [5.74, 6) is 0.919. The highest BCUT2D eigenvalue weighted by atomic mass is 16.1. The van der Waals surface area contributed by atoms with Crippen molar-refractivity contribution in [3.8, 4) is 0 Å². The lowest BCUT2D eigenvalue weighted by molar-refractivity contribution is 0.0954. The summed E-state index contributed by atoms with van der Waals surface area (Å²) in [4.78, 5) is 19.8. The first-order chi connectivity index (χ1) is 10.6. The molecule has 0 saturated heterocycles. The molecule has 0 unspecified atom stereocenters. The van der Waals surface area contributed by atoms with E-state index >= 15 is 0 Å². The molecule has 0 aliphatic heterocycles. The van der Waals surface area contributed by atoms with Gasteiger partial charge in [0.25, 0.3) is 5.91 Å². The molecular formula is C17H20N4O. The van der Waals surface area contributed by atoms with Crippen LogP contribution in [0.3, 0.4) is 0 Å². The Morgan fingerprint density at radius 1 is 1.36 bits per heavy atom. The summed E-state index contributed by atoms with van der Waals surface area (Å²) >= 11 is 0. The van der Waals surface area contributed by atoms with Crippen LogP contribution in [0.4, 0.5) is 0 Å². The predicted molar refractivity (Wildman–Crippen MR) is 87.0 cm³/mol. The normalized spacial score (nSPS) is 11.0. The maximum absolute atomic E-state index is 12.3. The molecule has 0 aliphatic carbocycles. The highest BCUT2D eigenvalue weighted by Gasteiger charge is 2.10. The zero-order valence-electron chi connectivity index (χ0n) is 13.1. The highest BCUT2D eigenvalue weighted by Crippen LogP contribution is 2.22. The van der Waals surface area contributed by atoms with E-state index in [2.05, 4.69) is 22.2 Å². The summed E-state index contributed by atoms with van der Waals surface area (Å²) in [5.41, 5.74) is 4.09. The van der Waals surface area contributed by atoms with Crippen molar-refractivity contribution in [1.82, 2.24) is 19.9 Å². The first-order valence-electron chi connectivity index (χ1n) is 7.39. The average molecular weight is 296 g/mol. The highest BCUT2D eigenvalue weighted by molar-refractivity contribution is 5.99. The van der Waals surface area contributed by atoms with Gasteiger partial charge in [-0.3, -0.25) is 4.79 Å². The minimum absolute atomic E-state index is 0.0469. The van der Waals surface area contributed by atoms with Crippen LogP contribution in [-0.4, -0.2) is 27.0 Å². The Morgan fingerprint density at radius 2 is 2.18 bits per heavy atom. The molecule has 2 N–H and O–H groups in total. The van der Waals surface area contributed by atoms with Gasteiger partial charge in [0.15, 0.2) is 0 Å². The second-order valence-corrected chi connectivity index (χ2v) is 5.60. The maximum atomic E-state index is 12.3.